The molecule has 0 atom stereocenters. The van der Waals surface area contributed by atoms with E-state index in [2.05, 4.69) is 0 Å². The molecule has 5 heteroatoms. The molecule has 1 aromatic carbocycles. The second-order valence-corrected chi connectivity index (χ2v) is 4.14. The fraction of sp³-hybridized carbons (Fsp3) is 0.154. The van der Waals surface area contributed by atoms with Gasteiger partial charge in [-0.15, -0.1) is 0 Å². The van der Waals surface area contributed by atoms with Gasteiger partial charge in [0, 0.05) is 18.3 Å². The number of aromatic carboxylic acids is 1. The predicted molar refractivity (Wildman–Crippen MR) is 68.6 cm³/mol. The van der Waals surface area contributed by atoms with Crippen molar-refractivity contribution in [3.63, 3.8) is 0 Å². The number of benzene rings is 1. The Morgan fingerprint density at radius 1 is 1.39 bits per heavy atom. The lowest BCUT2D eigenvalue weighted by Gasteiger charge is -2.06. The fourth-order valence-corrected chi connectivity index (χ4v) is 2.10. The molecule has 0 radical (unpaired) electrons. The molecule has 0 fully saturated rings. The van der Waals surface area contributed by atoms with Crippen LogP contribution >= 0.6 is 0 Å². The van der Waals surface area contributed by atoms with Crippen molar-refractivity contribution in [3.8, 4) is 17.0 Å². The normalized spacial score (nSPS) is 10.6. The van der Waals surface area contributed by atoms with Crippen LogP contribution < -0.4 is 5.73 Å². The number of phenolic OH excluding ortho intramolecular Hbond substituents is 1. The lowest BCUT2D eigenvalue weighted by molar-refractivity contribution is 0.0697. The summed E-state index contributed by atoms with van der Waals surface area (Å²) in [4.78, 5) is 11.2. The van der Waals surface area contributed by atoms with Crippen LogP contribution in [0.3, 0.4) is 0 Å². The molecule has 0 unspecified atom stereocenters. The molecule has 1 aromatic heterocycles. The van der Waals surface area contributed by atoms with Gasteiger partial charge in [0.2, 0.25) is 0 Å². The molecule has 1 heterocycles. The summed E-state index contributed by atoms with van der Waals surface area (Å²) in [7, 11) is 1.75. The average molecular weight is 246 g/mol. The van der Waals surface area contributed by atoms with E-state index in [0.29, 0.717) is 17.0 Å². The molecule has 0 aliphatic heterocycles. The van der Waals surface area contributed by atoms with Crippen molar-refractivity contribution in [3.05, 3.63) is 35.5 Å². The van der Waals surface area contributed by atoms with E-state index in [9.17, 15) is 9.90 Å². The van der Waals surface area contributed by atoms with E-state index in [1.807, 2.05) is 0 Å². The third-order valence-electron chi connectivity index (χ3n) is 3.06. The van der Waals surface area contributed by atoms with Crippen molar-refractivity contribution in [1.82, 2.24) is 4.57 Å². The Morgan fingerprint density at radius 2 is 2.06 bits per heavy atom. The van der Waals surface area contributed by atoms with Crippen LogP contribution in [0.5, 0.6) is 5.75 Å². The van der Waals surface area contributed by atoms with Gasteiger partial charge in [-0.1, -0.05) is 12.1 Å². The number of nitrogen functional groups attached to an aromatic ring is 1. The van der Waals surface area contributed by atoms with Crippen molar-refractivity contribution < 1.29 is 15.0 Å². The lowest BCUT2D eigenvalue weighted by atomic mass is 10.1. The molecule has 94 valence electrons. The van der Waals surface area contributed by atoms with Crippen molar-refractivity contribution in [2.24, 2.45) is 7.05 Å². The molecular weight excluding hydrogens is 232 g/mol. The summed E-state index contributed by atoms with van der Waals surface area (Å²) in [5, 5.41) is 18.6. The monoisotopic (exact) mass is 246 g/mol. The minimum absolute atomic E-state index is 0.107. The molecular formula is C13H14N2O3. The summed E-state index contributed by atoms with van der Waals surface area (Å²) in [5.74, 6) is -0.936. The summed E-state index contributed by atoms with van der Waals surface area (Å²) < 4.78 is 1.72. The third-order valence-corrected chi connectivity index (χ3v) is 3.06. The Morgan fingerprint density at radius 3 is 2.56 bits per heavy atom. The molecule has 0 amide bonds. The van der Waals surface area contributed by atoms with Crippen molar-refractivity contribution in [2.45, 2.75) is 6.92 Å². The zero-order valence-corrected chi connectivity index (χ0v) is 10.1. The fourth-order valence-electron chi connectivity index (χ4n) is 2.10. The van der Waals surface area contributed by atoms with Gasteiger partial charge in [0.25, 0.3) is 0 Å². The van der Waals surface area contributed by atoms with Crippen LogP contribution in [0.4, 0.5) is 5.69 Å². The summed E-state index contributed by atoms with van der Waals surface area (Å²) in [6.45, 7) is 1.70. The number of hydrogen-bond donors (Lipinski definition) is 3. The number of phenols is 1. The number of nitrogens with two attached hydrogens (primary N) is 1. The van der Waals surface area contributed by atoms with Gasteiger partial charge in [0.15, 0.2) is 0 Å². The average Bonchev–Trinajstić information content (AvgIpc) is 2.50. The Bertz CT molecular complexity index is 629. The number of anilines is 1. The highest BCUT2D eigenvalue weighted by Gasteiger charge is 2.22. The maximum atomic E-state index is 11.2. The largest absolute Gasteiger partial charge is 0.508 e. The van der Waals surface area contributed by atoms with Gasteiger partial charge in [-0.3, -0.25) is 0 Å². The third kappa shape index (κ3) is 1.69. The van der Waals surface area contributed by atoms with Crippen molar-refractivity contribution in [2.75, 3.05) is 5.73 Å². The SMILES string of the molecule is Cc1c(C(=O)O)c(N)c(-c2cccc(O)c2)n1C. The number of hydrogen-bond acceptors (Lipinski definition) is 3. The summed E-state index contributed by atoms with van der Waals surface area (Å²) in [6, 6.07) is 6.56. The molecule has 0 saturated heterocycles. The van der Waals surface area contributed by atoms with Crippen LogP contribution in [0.15, 0.2) is 24.3 Å². The first-order valence-electron chi connectivity index (χ1n) is 5.41. The summed E-state index contributed by atoms with van der Waals surface area (Å²) >= 11 is 0. The van der Waals surface area contributed by atoms with E-state index in [0.717, 1.165) is 0 Å². The first-order chi connectivity index (χ1) is 8.43. The van der Waals surface area contributed by atoms with Crippen LogP contribution in [0.25, 0.3) is 11.3 Å². The second kappa shape index (κ2) is 4.10. The molecule has 2 aromatic rings. The molecule has 18 heavy (non-hydrogen) atoms. The number of carboxylic acid groups (broad SMARTS) is 1. The lowest BCUT2D eigenvalue weighted by Crippen LogP contribution is -2.01. The Kier molecular flexibility index (Phi) is 2.74. The van der Waals surface area contributed by atoms with Crippen molar-refractivity contribution >= 4 is 11.7 Å². The van der Waals surface area contributed by atoms with E-state index in [4.69, 9.17) is 10.8 Å². The number of carboxylic acids is 1. The Balaban J connectivity index is 2.73. The van der Waals surface area contributed by atoms with Crippen LogP contribution in [0.2, 0.25) is 0 Å². The highest BCUT2D eigenvalue weighted by Crippen LogP contribution is 2.34. The van der Waals surface area contributed by atoms with Crippen LogP contribution in [-0.4, -0.2) is 20.7 Å². The minimum atomic E-state index is -1.05. The molecule has 2 rings (SSSR count). The standard InChI is InChI=1S/C13H14N2O3/c1-7-10(13(17)18)11(14)12(15(7)2)8-4-3-5-9(16)6-8/h3-6,16H,14H2,1-2H3,(H,17,18). The van der Waals surface area contributed by atoms with Gasteiger partial charge in [-0.25, -0.2) is 4.79 Å². The smallest absolute Gasteiger partial charge is 0.339 e. The molecule has 0 spiro atoms. The minimum Gasteiger partial charge on any atom is -0.508 e. The quantitative estimate of drug-likeness (QED) is 0.756. The van der Waals surface area contributed by atoms with E-state index >= 15 is 0 Å². The number of aromatic nitrogens is 1. The molecule has 0 saturated carbocycles. The van der Waals surface area contributed by atoms with Gasteiger partial charge >= 0.3 is 5.97 Å². The predicted octanol–water partition coefficient (Wildman–Crippen LogP) is 1.99. The van der Waals surface area contributed by atoms with E-state index in [1.165, 1.54) is 0 Å². The van der Waals surface area contributed by atoms with Crippen LogP contribution in [0, 0.1) is 6.92 Å². The van der Waals surface area contributed by atoms with Crippen molar-refractivity contribution in [1.29, 1.82) is 0 Å². The number of aromatic hydroxyl groups is 1. The zero-order valence-electron chi connectivity index (χ0n) is 10.1. The molecule has 0 aliphatic carbocycles. The highest BCUT2D eigenvalue weighted by molar-refractivity contribution is 5.99. The van der Waals surface area contributed by atoms with Gasteiger partial charge < -0.3 is 20.5 Å². The topological polar surface area (TPSA) is 88.5 Å². The highest BCUT2D eigenvalue weighted by atomic mass is 16.4. The van der Waals surface area contributed by atoms with Gasteiger partial charge in [0.1, 0.15) is 11.3 Å². The molecule has 4 N–H and O–H groups in total. The number of rotatable bonds is 2. The van der Waals surface area contributed by atoms with Gasteiger partial charge in [-0.2, -0.15) is 0 Å². The maximum absolute atomic E-state index is 11.2. The Hall–Kier alpha value is -2.43. The molecule has 0 aliphatic rings. The molecule has 0 bridgehead atoms. The number of nitrogens with zero attached hydrogens (tertiary/aromatic N) is 1. The van der Waals surface area contributed by atoms with E-state index in [1.54, 1.807) is 42.8 Å². The van der Waals surface area contributed by atoms with E-state index in [-0.39, 0.29) is 17.0 Å². The summed E-state index contributed by atoms with van der Waals surface area (Å²) in [5.41, 5.74) is 8.09. The van der Waals surface area contributed by atoms with E-state index < -0.39 is 5.97 Å². The molecule has 5 nitrogen and oxygen atoms in total. The maximum Gasteiger partial charge on any atom is 0.339 e. The number of carbonyl (C=O) groups is 1. The Labute approximate surface area is 104 Å². The summed E-state index contributed by atoms with van der Waals surface area (Å²) in [6.07, 6.45) is 0. The zero-order chi connectivity index (χ0) is 13.4. The van der Waals surface area contributed by atoms with Crippen LogP contribution in [-0.2, 0) is 7.05 Å². The second-order valence-electron chi connectivity index (χ2n) is 4.14. The van der Waals surface area contributed by atoms with Gasteiger partial charge in [-0.05, 0) is 19.1 Å². The first kappa shape index (κ1) is 12.0. The van der Waals surface area contributed by atoms with Gasteiger partial charge in [0.05, 0.1) is 11.4 Å². The van der Waals surface area contributed by atoms with Crippen LogP contribution in [0.1, 0.15) is 16.1 Å². The first-order valence-corrected chi connectivity index (χ1v) is 5.41.